The van der Waals surface area contributed by atoms with E-state index in [1.54, 1.807) is 0 Å². The number of halogens is 3. The van der Waals surface area contributed by atoms with Crippen molar-refractivity contribution in [2.24, 2.45) is 5.92 Å². The van der Waals surface area contributed by atoms with Crippen LogP contribution in [-0.4, -0.2) is 40.7 Å². The number of carboxylic acid groups (broad SMARTS) is 1. The highest BCUT2D eigenvalue weighted by molar-refractivity contribution is 5.72. The summed E-state index contributed by atoms with van der Waals surface area (Å²) in [5, 5.41) is 9.14. The molecular formula is C14H15F3N2O4. The normalized spacial score (nSPS) is 21.8. The van der Waals surface area contributed by atoms with Gasteiger partial charge in [-0.25, -0.2) is 4.79 Å². The molecule has 1 aromatic rings. The number of carbonyl (C=O) groups is 2. The highest BCUT2D eigenvalue weighted by Gasteiger charge is 2.37. The van der Waals surface area contributed by atoms with Crippen LogP contribution in [0, 0.1) is 5.92 Å². The number of aromatic nitrogens is 1. The van der Waals surface area contributed by atoms with E-state index in [9.17, 15) is 22.8 Å². The lowest BCUT2D eigenvalue weighted by molar-refractivity contribution is -0.144. The van der Waals surface area contributed by atoms with Gasteiger partial charge < -0.3 is 14.7 Å². The van der Waals surface area contributed by atoms with Crippen molar-refractivity contribution in [2.45, 2.75) is 25.1 Å². The predicted octanol–water partition coefficient (Wildman–Crippen LogP) is 2.70. The molecule has 2 unspecified atom stereocenters. The summed E-state index contributed by atoms with van der Waals surface area (Å²) in [6, 6.07) is 1.34. The molecule has 6 nitrogen and oxygen atoms in total. The molecule has 0 spiro atoms. The number of nitrogens with zero attached hydrogens (tertiary/aromatic N) is 2. The molecule has 0 bridgehead atoms. The van der Waals surface area contributed by atoms with Gasteiger partial charge in [0.05, 0.1) is 19.1 Å². The highest BCUT2D eigenvalue weighted by atomic mass is 19.4. The van der Waals surface area contributed by atoms with E-state index in [4.69, 9.17) is 5.11 Å². The molecule has 1 fully saturated rings. The van der Waals surface area contributed by atoms with Crippen LogP contribution < -0.4 is 0 Å². The van der Waals surface area contributed by atoms with Gasteiger partial charge in [-0.15, -0.1) is 0 Å². The molecule has 9 heteroatoms. The van der Waals surface area contributed by atoms with Crippen molar-refractivity contribution in [3.05, 3.63) is 29.6 Å². The Labute approximate surface area is 129 Å². The summed E-state index contributed by atoms with van der Waals surface area (Å²) >= 11 is 0. The lowest BCUT2D eigenvalue weighted by atomic mass is 9.88. The van der Waals surface area contributed by atoms with Crippen molar-refractivity contribution in [3.63, 3.8) is 0 Å². The van der Waals surface area contributed by atoms with Crippen LogP contribution in [0.3, 0.4) is 0 Å². The van der Waals surface area contributed by atoms with Crippen molar-refractivity contribution in [1.82, 2.24) is 9.88 Å². The van der Waals surface area contributed by atoms with E-state index in [0.717, 1.165) is 12.3 Å². The number of methoxy groups -OCH3 is 1. The van der Waals surface area contributed by atoms with E-state index < -0.39 is 35.9 Å². The van der Waals surface area contributed by atoms with Crippen LogP contribution in [0.4, 0.5) is 18.0 Å². The predicted molar refractivity (Wildman–Crippen MR) is 71.5 cm³/mol. The maximum Gasteiger partial charge on any atom is 0.433 e. The number of alkyl halides is 3. The summed E-state index contributed by atoms with van der Waals surface area (Å²) in [6.07, 6.45) is -3.84. The first-order chi connectivity index (χ1) is 10.7. The van der Waals surface area contributed by atoms with Crippen LogP contribution in [-0.2, 0) is 15.7 Å². The second kappa shape index (κ2) is 6.43. The average Bonchev–Trinajstić information content (AvgIpc) is 2.52. The molecule has 2 rings (SSSR count). The highest BCUT2D eigenvalue weighted by Crippen LogP contribution is 2.35. The molecule has 2 heterocycles. The number of carbonyl (C=O) groups excluding carboxylic acids is 1. The monoisotopic (exact) mass is 332 g/mol. The van der Waals surface area contributed by atoms with E-state index in [0.29, 0.717) is 5.56 Å². The Morgan fingerprint density at radius 3 is 2.57 bits per heavy atom. The van der Waals surface area contributed by atoms with Crippen molar-refractivity contribution in [2.75, 3.05) is 13.7 Å². The van der Waals surface area contributed by atoms with Gasteiger partial charge in [0, 0.05) is 12.7 Å². The standard InChI is InChI=1S/C14H15F3N2O4/c1-23-13(22)19-5-4-8(12(20)21)6-10(19)9-2-3-11(18-7-9)14(15,16)17/h2-3,7-8,10H,4-6H2,1H3,(H,20,21). The smallest absolute Gasteiger partial charge is 0.433 e. The zero-order valence-corrected chi connectivity index (χ0v) is 12.2. The zero-order chi connectivity index (χ0) is 17.2. The summed E-state index contributed by atoms with van der Waals surface area (Å²) in [4.78, 5) is 27.6. The Bertz CT molecular complexity index is 589. The van der Waals surface area contributed by atoms with Gasteiger partial charge in [0.2, 0.25) is 0 Å². The van der Waals surface area contributed by atoms with Gasteiger partial charge in [-0.3, -0.25) is 9.78 Å². The second-order valence-corrected chi connectivity index (χ2v) is 5.21. The number of hydrogen-bond donors (Lipinski definition) is 1. The lowest BCUT2D eigenvalue weighted by Crippen LogP contribution is -2.42. The summed E-state index contributed by atoms with van der Waals surface area (Å²) in [6.45, 7) is 0.148. The number of pyridine rings is 1. The van der Waals surface area contributed by atoms with Crippen molar-refractivity contribution in [1.29, 1.82) is 0 Å². The molecule has 0 saturated carbocycles. The molecule has 2 atom stereocenters. The molecule has 1 aliphatic heterocycles. The number of rotatable bonds is 2. The molecule has 1 aromatic heterocycles. The molecule has 1 saturated heterocycles. The summed E-state index contributed by atoms with van der Waals surface area (Å²) < 4.78 is 42.3. The molecule has 126 valence electrons. The molecule has 0 aromatic carbocycles. The minimum absolute atomic E-state index is 0.0947. The van der Waals surface area contributed by atoms with E-state index in [-0.39, 0.29) is 19.4 Å². The van der Waals surface area contributed by atoms with E-state index in [1.165, 1.54) is 18.1 Å². The summed E-state index contributed by atoms with van der Waals surface area (Å²) in [5.74, 6) is -1.68. The van der Waals surface area contributed by atoms with Crippen molar-refractivity contribution >= 4 is 12.1 Å². The van der Waals surface area contributed by atoms with Gasteiger partial charge in [-0.2, -0.15) is 13.2 Å². The van der Waals surface area contributed by atoms with Crippen molar-refractivity contribution in [3.8, 4) is 0 Å². The van der Waals surface area contributed by atoms with Crippen LogP contribution in [0.5, 0.6) is 0 Å². The number of aliphatic carboxylic acids is 1. The van der Waals surface area contributed by atoms with Gasteiger partial charge in [-0.1, -0.05) is 6.07 Å². The number of carboxylic acids is 1. The largest absolute Gasteiger partial charge is 0.481 e. The number of ether oxygens (including phenoxy) is 1. The second-order valence-electron chi connectivity index (χ2n) is 5.21. The molecule has 1 amide bonds. The lowest BCUT2D eigenvalue weighted by Gasteiger charge is -2.37. The molecule has 0 aliphatic carbocycles. The van der Waals surface area contributed by atoms with E-state index >= 15 is 0 Å². The Morgan fingerprint density at radius 1 is 1.39 bits per heavy atom. The first kappa shape index (κ1) is 17.0. The molecular weight excluding hydrogens is 317 g/mol. The average molecular weight is 332 g/mol. The van der Waals surface area contributed by atoms with Crippen molar-refractivity contribution < 1.29 is 32.6 Å². The SMILES string of the molecule is COC(=O)N1CCC(C(=O)O)CC1c1ccc(C(F)(F)F)nc1. The first-order valence-electron chi connectivity index (χ1n) is 6.84. The maximum atomic E-state index is 12.6. The molecule has 1 aliphatic rings. The Kier molecular flexibility index (Phi) is 4.76. The van der Waals surface area contributed by atoms with Crippen LogP contribution in [0.15, 0.2) is 18.3 Å². The maximum absolute atomic E-state index is 12.6. The minimum atomic E-state index is -4.56. The topological polar surface area (TPSA) is 79.7 Å². The Balaban J connectivity index is 2.30. The Hall–Kier alpha value is -2.32. The van der Waals surface area contributed by atoms with Crippen LogP contribution >= 0.6 is 0 Å². The number of hydrogen-bond acceptors (Lipinski definition) is 4. The third kappa shape index (κ3) is 3.72. The van der Waals surface area contributed by atoms with Crippen LogP contribution in [0.2, 0.25) is 0 Å². The summed E-state index contributed by atoms with van der Waals surface area (Å²) in [7, 11) is 1.19. The number of piperidine rings is 1. The van der Waals surface area contributed by atoms with Gasteiger partial charge >= 0.3 is 18.2 Å². The first-order valence-corrected chi connectivity index (χ1v) is 6.84. The fraction of sp³-hybridized carbons (Fsp3) is 0.500. The Morgan fingerprint density at radius 2 is 2.09 bits per heavy atom. The number of amides is 1. The van der Waals surface area contributed by atoms with E-state index in [2.05, 4.69) is 9.72 Å². The summed E-state index contributed by atoms with van der Waals surface area (Å²) in [5.41, 5.74) is -0.703. The van der Waals surface area contributed by atoms with Gasteiger partial charge in [-0.05, 0) is 24.5 Å². The van der Waals surface area contributed by atoms with E-state index in [1.807, 2.05) is 0 Å². The van der Waals surface area contributed by atoms with Gasteiger partial charge in [0.25, 0.3) is 0 Å². The fourth-order valence-electron chi connectivity index (χ4n) is 2.61. The molecule has 1 N–H and O–H groups in total. The minimum Gasteiger partial charge on any atom is -0.481 e. The number of likely N-dealkylation sites (tertiary alicyclic amines) is 1. The third-order valence-electron chi connectivity index (χ3n) is 3.82. The molecule has 23 heavy (non-hydrogen) atoms. The van der Waals surface area contributed by atoms with Crippen LogP contribution in [0.1, 0.15) is 30.1 Å². The van der Waals surface area contributed by atoms with Crippen LogP contribution in [0.25, 0.3) is 0 Å². The molecule has 0 radical (unpaired) electrons. The fourth-order valence-corrected chi connectivity index (χ4v) is 2.61. The van der Waals surface area contributed by atoms with Gasteiger partial charge in [0.1, 0.15) is 5.69 Å². The van der Waals surface area contributed by atoms with Gasteiger partial charge in [0.15, 0.2) is 0 Å². The zero-order valence-electron chi connectivity index (χ0n) is 12.2. The third-order valence-corrected chi connectivity index (χ3v) is 3.82. The quantitative estimate of drug-likeness (QED) is 0.901.